The molecule has 3 aliphatic rings. The van der Waals surface area contributed by atoms with Crippen molar-refractivity contribution >= 4 is 41.7 Å². The standard InChI is InChI=1S/C22H34N4S.HI/c1-2-23-22(24-14-18-10-12-25(15-18)20-8-9-20)26-13-11-19(16-26)17-27-21-6-4-3-5-7-21;/h3-7,18-20H,2,8-17H2,1H3,(H,23,24);1H. The molecule has 1 N–H and O–H groups in total. The summed E-state index contributed by atoms with van der Waals surface area (Å²) in [4.78, 5) is 11.6. The monoisotopic (exact) mass is 514 g/mol. The van der Waals surface area contributed by atoms with Gasteiger partial charge in [-0.25, -0.2) is 0 Å². The van der Waals surface area contributed by atoms with Crippen LogP contribution in [0.2, 0.25) is 0 Å². The average molecular weight is 515 g/mol. The largest absolute Gasteiger partial charge is 0.357 e. The van der Waals surface area contributed by atoms with Gasteiger partial charge in [-0.3, -0.25) is 4.99 Å². The highest BCUT2D eigenvalue weighted by atomic mass is 127. The van der Waals surface area contributed by atoms with Crippen LogP contribution in [0, 0.1) is 11.8 Å². The lowest BCUT2D eigenvalue weighted by Gasteiger charge is -2.22. The van der Waals surface area contributed by atoms with Gasteiger partial charge in [0.05, 0.1) is 0 Å². The van der Waals surface area contributed by atoms with E-state index in [0.717, 1.165) is 50.0 Å². The summed E-state index contributed by atoms with van der Waals surface area (Å²) in [6, 6.07) is 11.7. The van der Waals surface area contributed by atoms with E-state index in [9.17, 15) is 0 Å². The fraction of sp³-hybridized carbons (Fsp3) is 0.682. The van der Waals surface area contributed by atoms with E-state index >= 15 is 0 Å². The number of benzene rings is 1. The molecule has 0 spiro atoms. The van der Waals surface area contributed by atoms with Gasteiger partial charge in [0, 0.05) is 49.4 Å². The van der Waals surface area contributed by atoms with Gasteiger partial charge in [-0.1, -0.05) is 18.2 Å². The molecule has 1 aromatic carbocycles. The van der Waals surface area contributed by atoms with Crippen LogP contribution < -0.4 is 5.32 Å². The second-order valence-electron chi connectivity index (χ2n) is 8.30. The third-order valence-electron chi connectivity index (χ3n) is 6.03. The molecule has 2 heterocycles. The first-order chi connectivity index (χ1) is 13.3. The molecule has 1 aliphatic carbocycles. The third-order valence-corrected chi connectivity index (χ3v) is 7.27. The van der Waals surface area contributed by atoms with E-state index in [1.165, 1.54) is 49.4 Å². The molecule has 0 radical (unpaired) electrons. The van der Waals surface area contributed by atoms with Gasteiger partial charge in [-0.05, 0) is 63.1 Å². The van der Waals surface area contributed by atoms with Crippen molar-refractivity contribution in [3.8, 4) is 0 Å². The molecule has 0 bridgehead atoms. The first-order valence-electron chi connectivity index (χ1n) is 10.8. The minimum Gasteiger partial charge on any atom is -0.357 e. The highest BCUT2D eigenvalue weighted by Crippen LogP contribution is 2.32. The van der Waals surface area contributed by atoms with Crippen molar-refractivity contribution in [2.24, 2.45) is 16.8 Å². The Kier molecular flexibility index (Phi) is 8.78. The van der Waals surface area contributed by atoms with Crippen molar-refractivity contribution in [2.75, 3.05) is 45.0 Å². The zero-order chi connectivity index (χ0) is 18.5. The lowest BCUT2D eigenvalue weighted by Crippen LogP contribution is -2.40. The van der Waals surface area contributed by atoms with Crippen LogP contribution in [0.1, 0.15) is 32.6 Å². The van der Waals surface area contributed by atoms with E-state index in [1.54, 1.807) is 0 Å². The van der Waals surface area contributed by atoms with E-state index in [4.69, 9.17) is 4.99 Å². The molecule has 2 saturated heterocycles. The van der Waals surface area contributed by atoms with Crippen molar-refractivity contribution in [3.63, 3.8) is 0 Å². The molecule has 4 rings (SSSR count). The van der Waals surface area contributed by atoms with Crippen molar-refractivity contribution in [1.29, 1.82) is 0 Å². The van der Waals surface area contributed by atoms with Gasteiger partial charge in [0.25, 0.3) is 0 Å². The highest BCUT2D eigenvalue weighted by Gasteiger charge is 2.34. The maximum absolute atomic E-state index is 5.04. The number of guanidine groups is 1. The van der Waals surface area contributed by atoms with Crippen LogP contribution in [-0.2, 0) is 0 Å². The van der Waals surface area contributed by atoms with Gasteiger partial charge in [0.2, 0.25) is 0 Å². The zero-order valence-electron chi connectivity index (χ0n) is 17.1. The van der Waals surface area contributed by atoms with Gasteiger partial charge in [0.1, 0.15) is 0 Å². The Labute approximate surface area is 191 Å². The van der Waals surface area contributed by atoms with Crippen molar-refractivity contribution in [1.82, 2.24) is 15.1 Å². The molecule has 6 heteroatoms. The average Bonchev–Trinajstić information content (AvgIpc) is 3.26. The summed E-state index contributed by atoms with van der Waals surface area (Å²) in [5.74, 6) is 3.87. The van der Waals surface area contributed by atoms with Crippen molar-refractivity contribution in [2.45, 2.75) is 43.5 Å². The van der Waals surface area contributed by atoms with Crippen LogP contribution in [-0.4, -0.2) is 66.8 Å². The molecular weight excluding hydrogens is 479 g/mol. The quantitative estimate of drug-likeness (QED) is 0.256. The zero-order valence-corrected chi connectivity index (χ0v) is 20.2. The summed E-state index contributed by atoms with van der Waals surface area (Å²) in [5.41, 5.74) is 0. The van der Waals surface area contributed by atoms with Crippen molar-refractivity contribution in [3.05, 3.63) is 30.3 Å². The maximum Gasteiger partial charge on any atom is 0.193 e. The number of nitrogens with zero attached hydrogens (tertiary/aromatic N) is 3. The van der Waals surface area contributed by atoms with Gasteiger partial charge < -0.3 is 15.1 Å². The molecule has 3 fully saturated rings. The Bertz CT molecular complexity index is 622. The van der Waals surface area contributed by atoms with Crippen LogP contribution >= 0.6 is 35.7 Å². The summed E-state index contributed by atoms with van der Waals surface area (Å²) in [7, 11) is 0. The fourth-order valence-corrected chi connectivity index (χ4v) is 5.37. The minimum absolute atomic E-state index is 0. The first-order valence-corrected chi connectivity index (χ1v) is 11.8. The Morgan fingerprint density at radius 3 is 2.61 bits per heavy atom. The number of thioether (sulfide) groups is 1. The van der Waals surface area contributed by atoms with E-state index in [1.807, 2.05) is 11.8 Å². The molecule has 2 aliphatic heterocycles. The predicted octanol–water partition coefficient (Wildman–Crippen LogP) is 4.17. The SMILES string of the molecule is CCNC(=NCC1CCN(C2CC2)C1)N1CCC(CSc2ccccc2)C1.I. The molecule has 28 heavy (non-hydrogen) atoms. The number of nitrogens with one attached hydrogen (secondary N) is 1. The molecule has 2 atom stereocenters. The van der Waals surface area contributed by atoms with Crippen molar-refractivity contribution < 1.29 is 0 Å². The topological polar surface area (TPSA) is 30.9 Å². The van der Waals surface area contributed by atoms with Gasteiger partial charge in [0.15, 0.2) is 5.96 Å². The lowest BCUT2D eigenvalue weighted by molar-refractivity contribution is 0.315. The number of hydrogen-bond donors (Lipinski definition) is 1. The third kappa shape index (κ3) is 6.26. The van der Waals surface area contributed by atoms with Crippen LogP contribution in [0.5, 0.6) is 0 Å². The number of rotatable bonds is 7. The van der Waals surface area contributed by atoms with E-state index in [2.05, 4.69) is 52.4 Å². The summed E-state index contributed by atoms with van der Waals surface area (Å²) < 4.78 is 0. The lowest BCUT2D eigenvalue weighted by atomic mass is 10.1. The molecule has 2 unspecified atom stereocenters. The van der Waals surface area contributed by atoms with E-state index in [-0.39, 0.29) is 24.0 Å². The second kappa shape index (κ2) is 11.1. The Morgan fingerprint density at radius 2 is 1.86 bits per heavy atom. The number of halogens is 1. The Balaban J connectivity index is 0.00000225. The smallest absolute Gasteiger partial charge is 0.193 e. The maximum atomic E-state index is 5.04. The summed E-state index contributed by atoms with van der Waals surface area (Å²) >= 11 is 1.99. The molecule has 0 amide bonds. The van der Waals surface area contributed by atoms with E-state index in [0.29, 0.717) is 0 Å². The Hall–Kier alpha value is -0.470. The second-order valence-corrected chi connectivity index (χ2v) is 9.39. The normalized spacial score (nSPS) is 25.8. The number of hydrogen-bond acceptors (Lipinski definition) is 3. The molecule has 156 valence electrons. The predicted molar refractivity (Wildman–Crippen MR) is 131 cm³/mol. The summed E-state index contributed by atoms with van der Waals surface area (Å²) in [5, 5.41) is 3.54. The van der Waals surface area contributed by atoms with E-state index < -0.39 is 0 Å². The molecule has 1 aromatic rings. The van der Waals surface area contributed by atoms with Crippen LogP contribution in [0.3, 0.4) is 0 Å². The molecule has 1 saturated carbocycles. The first kappa shape index (κ1) is 22.2. The van der Waals surface area contributed by atoms with Crippen LogP contribution in [0.15, 0.2) is 40.2 Å². The molecular formula is C22H35IN4S. The van der Waals surface area contributed by atoms with Crippen LogP contribution in [0.25, 0.3) is 0 Å². The number of aliphatic imine (C=N–C) groups is 1. The highest BCUT2D eigenvalue weighted by molar-refractivity contribution is 14.0. The summed E-state index contributed by atoms with van der Waals surface area (Å²) in [6.07, 6.45) is 5.46. The van der Waals surface area contributed by atoms with Crippen LogP contribution in [0.4, 0.5) is 0 Å². The van der Waals surface area contributed by atoms with Gasteiger partial charge in [-0.2, -0.15) is 0 Å². The van der Waals surface area contributed by atoms with Gasteiger partial charge >= 0.3 is 0 Å². The fourth-order valence-electron chi connectivity index (χ4n) is 4.32. The minimum atomic E-state index is 0. The Morgan fingerprint density at radius 1 is 1.07 bits per heavy atom. The molecule has 0 aromatic heterocycles. The molecule has 4 nitrogen and oxygen atoms in total. The number of likely N-dealkylation sites (tertiary alicyclic amines) is 2. The van der Waals surface area contributed by atoms with Gasteiger partial charge in [-0.15, -0.1) is 35.7 Å². The summed E-state index contributed by atoms with van der Waals surface area (Å²) in [6.45, 7) is 8.98.